The van der Waals surface area contributed by atoms with Crippen LogP contribution < -0.4 is 21.5 Å². The molecule has 5 rings (SSSR count). The number of nitrogens with zero attached hydrogens (tertiary/aromatic N) is 6. The van der Waals surface area contributed by atoms with Gasteiger partial charge in [-0.25, -0.2) is 14.2 Å². The number of fused-ring (bicyclic) bond motifs is 1. The molecule has 43 heavy (non-hydrogen) atoms. The minimum atomic E-state index is -0.694. The van der Waals surface area contributed by atoms with Gasteiger partial charge in [-0.15, -0.1) is 0 Å². The molecule has 0 aliphatic rings. The first-order chi connectivity index (χ1) is 20.6. The number of hydrogen-bond acceptors (Lipinski definition) is 7. The van der Waals surface area contributed by atoms with Crippen molar-refractivity contribution in [2.75, 3.05) is 23.0 Å². The fraction of sp³-hybridized carbons (Fsp3) is 0.226. The fourth-order valence-corrected chi connectivity index (χ4v) is 4.65. The van der Waals surface area contributed by atoms with E-state index in [9.17, 15) is 14.0 Å². The zero-order valence-corrected chi connectivity index (χ0v) is 24.3. The Morgan fingerprint density at radius 2 is 1.67 bits per heavy atom. The molecule has 3 aromatic heterocycles. The molecule has 0 saturated carbocycles. The largest absolute Gasteiger partial charge is 0.357 e. The monoisotopic (exact) mass is 579 g/mol. The predicted molar refractivity (Wildman–Crippen MR) is 165 cm³/mol. The number of rotatable bonds is 7. The highest BCUT2D eigenvalue weighted by atomic mass is 19.1. The molecule has 0 saturated heterocycles. The van der Waals surface area contributed by atoms with Crippen LogP contribution in [0.1, 0.15) is 45.3 Å². The number of carbonyl (C=O) groups is 1. The summed E-state index contributed by atoms with van der Waals surface area (Å²) < 4.78 is 18.2. The van der Waals surface area contributed by atoms with Crippen molar-refractivity contribution in [3.05, 3.63) is 82.7 Å². The maximum atomic E-state index is 15.0. The van der Waals surface area contributed by atoms with Crippen molar-refractivity contribution in [2.45, 2.75) is 39.8 Å². The number of halogens is 1. The molecule has 2 aromatic carbocycles. The lowest BCUT2D eigenvalue weighted by Gasteiger charge is -2.16. The standard InChI is InChI=1S/C31H30FN9O2/c1-17(2)40-16-26(27(39-40)20-8-6-19(14-33)7-9-20)37-31(43)36-25-13-21(10-11-24(25)32)23-12-22-15-35-30(34-5)38-28(22)41(18(3)4)29(23)42/h6-13,15-18H,1-5H3,(H,34,35,38)(H2,36,37,43). The number of nitrogens with one attached hydrogen (secondary N) is 3. The summed E-state index contributed by atoms with van der Waals surface area (Å²) in [6.07, 6.45) is 3.31. The number of anilines is 3. The van der Waals surface area contributed by atoms with E-state index in [-0.39, 0.29) is 23.3 Å². The smallest absolute Gasteiger partial charge is 0.323 e. The molecule has 12 heteroatoms. The van der Waals surface area contributed by atoms with E-state index in [0.717, 1.165) is 0 Å². The molecule has 3 N–H and O–H groups in total. The van der Waals surface area contributed by atoms with Crippen LogP contribution in [0.2, 0.25) is 0 Å². The highest BCUT2D eigenvalue weighted by molar-refractivity contribution is 6.02. The Morgan fingerprint density at radius 1 is 0.977 bits per heavy atom. The van der Waals surface area contributed by atoms with Crippen LogP contribution in [-0.2, 0) is 0 Å². The summed E-state index contributed by atoms with van der Waals surface area (Å²) in [7, 11) is 1.70. The molecular weight excluding hydrogens is 549 g/mol. The molecule has 0 aliphatic carbocycles. The number of pyridine rings is 1. The fourth-order valence-electron chi connectivity index (χ4n) is 4.65. The van der Waals surface area contributed by atoms with Gasteiger partial charge in [0.25, 0.3) is 5.56 Å². The van der Waals surface area contributed by atoms with Crippen LogP contribution in [0.3, 0.4) is 0 Å². The molecule has 0 unspecified atom stereocenters. The molecule has 0 radical (unpaired) electrons. The van der Waals surface area contributed by atoms with Crippen molar-refractivity contribution in [3.8, 4) is 28.5 Å². The Kier molecular flexibility index (Phi) is 7.90. The first-order valence-corrected chi connectivity index (χ1v) is 13.7. The van der Waals surface area contributed by atoms with E-state index < -0.39 is 11.8 Å². The van der Waals surface area contributed by atoms with Crippen LogP contribution in [0.25, 0.3) is 33.4 Å². The second-order valence-corrected chi connectivity index (χ2v) is 10.5. The van der Waals surface area contributed by atoms with E-state index in [2.05, 4.69) is 37.1 Å². The molecule has 2 amide bonds. The summed E-state index contributed by atoms with van der Waals surface area (Å²) >= 11 is 0. The summed E-state index contributed by atoms with van der Waals surface area (Å²) in [5.74, 6) is -0.286. The van der Waals surface area contributed by atoms with Gasteiger partial charge in [0.15, 0.2) is 0 Å². The zero-order chi connectivity index (χ0) is 30.8. The highest BCUT2D eigenvalue weighted by Gasteiger charge is 2.19. The summed E-state index contributed by atoms with van der Waals surface area (Å²) in [4.78, 5) is 35.5. The van der Waals surface area contributed by atoms with Crippen molar-refractivity contribution < 1.29 is 9.18 Å². The van der Waals surface area contributed by atoms with E-state index in [1.54, 1.807) is 59.0 Å². The average molecular weight is 580 g/mol. The van der Waals surface area contributed by atoms with Gasteiger partial charge in [0.1, 0.15) is 17.2 Å². The SMILES string of the molecule is CNc1ncc2cc(-c3ccc(F)c(NC(=O)Nc4cn(C(C)C)nc4-c4ccc(C#N)cc4)c3)c(=O)n(C(C)C)c2n1. The third-order valence-corrected chi connectivity index (χ3v) is 6.84. The number of amides is 2. The van der Waals surface area contributed by atoms with Crippen LogP contribution >= 0.6 is 0 Å². The van der Waals surface area contributed by atoms with Gasteiger partial charge >= 0.3 is 6.03 Å². The highest BCUT2D eigenvalue weighted by Crippen LogP contribution is 2.30. The molecule has 0 fully saturated rings. The molecule has 0 aliphatic heterocycles. The summed E-state index contributed by atoms with van der Waals surface area (Å²) in [5, 5.41) is 22.6. The number of aromatic nitrogens is 5. The van der Waals surface area contributed by atoms with Gasteiger partial charge in [-0.1, -0.05) is 18.2 Å². The molecule has 11 nitrogen and oxygen atoms in total. The first-order valence-electron chi connectivity index (χ1n) is 13.7. The number of hydrogen-bond donors (Lipinski definition) is 3. The van der Waals surface area contributed by atoms with Crippen LogP contribution in [0.5, 0.6) is 0 Å². The number of carbonyl (C=O) groups excluding carboxylic acids is 1. The van der Waals surface area contributed by atoms with E-state index in [1.807, 2.05) is 27.7 Å². The van der Waals surface area contributed by atoms with Crippen molar-refractivity contribution in [1.82, 2.24) is 24.3 Å². The molecule has 0 spiro atoms. The van der Waals surface area contributed by atoms with Gasteiger partial charge in [-0.3, -0.25) is 14.0 Å². The summed E-state index contributed by atoms with van der Waals surface area (Å²) in [5.41, 5.74) is 2.89. The number of nitriles is 1. The lowest BCUT2D eigenvalue weighted by molar-refractivity contribution is 0.262. The second kappa shape index (κ2) is 11.7. The van der Waals surface area contributed by atoms with Crippen LogP contribution in [0, 0.1) is 17.1 Å². The normalized spacial score (nSPS) is 11.1. The number of benzene rings is 2. The molecule has 218 valence electrons. The van der Waals surface area contributed by atoms with Gasteiger partial charge in [0.05, 0.1) is 23.0 Å². The first kappa shape index (κ1) is 28.9. The van der Waals surface area contributed by atoms with Crippen LogP contribution in [0.15, 0.2) is 65.7 Å². The molecule has 5 aromatic rings. The second-order valence-electron chi connectivity index (χ2n) is 10.5. The van der Waals surface area contributed by atoms with E-state index in [4.69, 9.17) is 5.26 Å². The Hall–Kier alpha value is -5.57. The molecule has 0 bridgehead atoms. The zero-order valence-electron chi connectivity index (χ0n) is 24.3. The van der Waals surface area contributed by atoms with E-state index in [1.165, 1.54) is 18.2 Å². The minimum Gasteiger partial charge on any atom is -0.357 e. The van der Waals surface area contributed by atoms with E-state index >= 15 is 0 Å². The third-order valence-electron chi connectivity index (χ3n) is 6.84. The third kappa shape index (κ3) is 5.78. The van der Waals surface area contributed by atoms with E-state index in [0.29, 0.717) is 50.6 Å². The number of urea groups is 1. The predicted octanol–water partition coefficient (Wildman–Crippen LogP) is 6.18. The Morgan fingerprint density at radius 3 is 2.33 bits per heavy atom. The van der Waals surface area contributed by atoms with Gasteiger partial charge in [-0.2, -0.15) is 15.3 Å². The van der Waals surface area contributed by atoms with Crippen molar-refractivity contribution >= 4 is 34.4 Å². The lowest BCUT2D eigenvalue weighted by Crippen LogP contribution is -2.25. The summed E-state index contributed by atoms with van der Waals surface area (Å²) in [6, 6.07) is 13.8. The lowest BCUT2D eigenvalue weighted by atomic mass is 10.0. The average Bonchev–Trinajstić information content (AvgIpc) is 3.41. The maximum Gasteiger partial charge on any atom is 0.323 e. The molecule has 0 atom stereocenters. The van der Waals surface area contributed by atoms with Gasteiger partial charge in [0, 0.05) is 48.0 Å². The van der Waals surface area contributed by atoms with Crippen molar-refractivity contribution in [1.29, 1.82) is 5.26 Å². The Balaban J connectivity index is 1.48. The maximum absolute atomic E-state index is 15.0. The Bertz CT molecular complexity index is 1940. The quantitative estimate of drug-likeness (QED) is 0.209. The van der Waals surface area contributed by atoms with Crippen LogP contribution in [-0.4, -0.2) is 37.4 Å². The molecule has 3 heterocycles. The van der Waals surface area contributed by atoms with Crippen LogP contribution in [0.4, 0.5) is 26.5 Å². The van der Waals surface area contributed by atoms with Crippen molar-refractivity contribution in [3.63, 3.8) is 0 Å². The minimum absolute atomic E-state index is 0.0110. The van der Waals surface area contributed by atoms with Gasteiger partial charge in [-0.05, 0) is 63.6 Å². The topological polar surface area (TPSA) is 143 Å². The van der Waals surface area contributed by atoms with Gasteiger partial charge in [0.2, 0.25) is 5.95 Å². The van der Waals surface area contributed by atoms with Crippen molar-refractivity contribution in [2.24, 2.45) is 0 Å². The summed E-state index contributed by atoms with van der Waals surface area (Å²) in [6.45, 7) is 7.65. The molecular formula is C31H30FN9O2. The Labute approximate surface area is 247 Å². The van der Waals surface area contributed by atoms with Gasteiger partial charge < -0.3 is 16.0 Å².